The lowest BCUT2D eigenvalue weighted by molar-refractivity contribution is 0.475. The minimum atomic E-state index is 0.294. The van der Waals surface area contributed by atoms with Gasteiger partial charge in [0.05, 0.1) is 0 Å². The van der Waals surface area contributed by atoms with Crippen LogP contribution in [-0.4, -0.2) is 5.11 Å². The summed E-state index contributed by atoms with van der Waals surface area (Å²) in [5, 5.41) is 9.16. The molecule has 2 rings (SSSR count). The van der Waals surface area contributed by atoms with Crippen LogP contribution in [0.15, 0.2) is 60.7 Å². The first kappa shape index (κ1) is 12.2. The van der Waals surface area contributed by atoms with Crippen molar-refractivity contribution in [3.8, 4) is 5.75 Å². The van der Waals surface area contributed by atoms with E-state index in [1.165, 1.54) is 11.1 Å². The number of rotatable bonds is 3. The highest BCUT2D eigenvalue weighted by Crippen LogP contribution is 2.11. The number of benzene rings is 2. The number of hydrogen-bond acceptors (Lipinski definition) is 1. The van der Waals surface area contributed by atoms with Crippen LogP contribution in [0.5, 0.6) is 5.75 Å². The van der Waals surface area contributed by atoms with Crippen molar-refractivity contribution in [3.05, 3.63) is 77.4 Å². The van der Waals surface area contributed by atoms with Gasteiger partial charge in [0, 0.05) is 0 Å². The van der Waals surface area contributed by atoms with E-state index >= 15 is 0 Å². The SMILES string of the molecule is Cc1ccc(C=CC=Cc2ccc(O)cc2)cc1. The number of phenolic OH excluding ortho intramolecular Hbond substituents is 1. The molecule has 0 unspecified atom stereocenters. The summed E-state index contributed by atoms with van der Waals surface area (Å²) in [7, 11) is 0. The van der Waals surface area contributed by atoms with Crippen molar-refractivity contribution in [3.63, 3.8) is 0 Å². The molecule has 0 aliphatic heterocycles. The van der Waals surface area contributed by atoms with Crippen LogP contribution in [0.25, 0.3) is 12.2 Å². The second-order valence-corrected chi connectivity index (χ2v) is 4.22. The molecule has 0 saturated heterocycles. The molecule has 0 atom stereocenters. The lowest BCUT2D eigenvalue weighted by Gasteiger charge is -1.94. The van der Waals surface area contributed by atoms with Crippen LogP contribution < -0.4 is 0 Å². The highest BCUT2D eigenvalue weighted by molar-refractivity contribution is 5.57. The molecule has 1 heteroatoms. The average Bonchev–Trinajstić information content (AvgIpc) is 2.39. The predicted octanol–water partition coefficient (Wildman–Crippen LogP) is 4.43. The van der Waals surface area contributed by atoms with Gasteiger partial charge in [-0.15, -0.1) is 0 Å². The Hall–Kier alpha value is -2.28. The summed E-state index contributed by atoms with van der Waals surface area (Å²) < 4.78 is 0. The van der Waals surface area contributed by atoms with E-state index in [2.05, 4.69) is 37.3 Å². The third-order valence-corrected chi connectivity index (χ3v) is 2.66. The van der Waals surface area contributed by atoms with Gasteiger partial charge in [-0.1, -0.05) is 66.3 Å². The monoisotopic (exact) mass is 236 g/mol. The van der Waals surface area contributed by atoms with Crippen LogP contribution in [0.4, 0.5) is 0 Å². The lowest BCUT2D eigenvalue weighted by atomic mass is 10.1. The zero-order valence-corrected chi connectivity index (χ0v) is 10.4. The Morgan fingerprint density at radius 2 is 1.17 bits per heavy atom. The predicted molar refractivity (Wildman–Crippen MR) is 77.4 cm³/mol. The number of aryl methyl sites for hydroxylation is 1. The summed E-state index contributed by atoms with van der Waals surface area (Å²) in [4.78, 5) is 0. The fourth-order valence-electron chi connectivity index (χ4n) is 1.60. The van der Waals surface area contributed by atoms with Gasteiger partial charge >= 0.3 is 0 Å². The standard InChI is InChI=1S/C17H16O/c1-14-6-8-15(9-7-14)4-2-3-5-16-10-12-17(18)13-11-16/h2-13,18H,1H3. The zero-order chi connectivity index (χ0) is 12.8. The van der Waals surface area contributed by atoms with Crippen molar-refractivity contribution in [2.45, 2.75) is 6.92 Å². The molecule has 2 aromatic carbocycles. The summed E-state index contributed by atoms with van der Waals surface area (Å²) >= 11 is 0. The number of allylic oxidation sites excluding steroid dienone is 2. The topological polar surface area (TPSA) is 20.2 Å². The van der Waals surface area contributed by atoms with E-state index in [4.69, 9.17) is 5.11 Å². The maximum Gasteiger partial charge on any atom is 0.115 e. The molecule has 0 radical (unpaired) electrons. The first-order valence-corrected chi connectivity index (χ1v) is 5.94. The van der Waals surface area contributed by atoms with Crippen LogP contribution in [0, 0.1) is 6.92 Å². The van der Waals surface area contributed by atoms with Gasteiger partial charge in [-0.05, 0) is 30.2 Å². The van der Waals surface area contributed by atoms with Crippen molar-refractivity contribution in [1.29, 1.82) is 0 Å². The third kappa shape index (κ3) is 3.63. The summed E-state index contributed by atoms with van der Waals surface area (Å²) in [5.74, 6) is 0.294. The van der Waals surface area contributed by atoms with Gasteiger partial charge in [0.2, 0.25) is 0 Å². The van der Waals surface area contributed by atoms with Gasteiger partial charge < -0.3 is 5.11 Å². The molecule has 18 heavy (non-hydrogen) atoms. The van der Waals surface area contributed by atoms with Crippen molar-refractivity contribution >= 4 is 12.2 Å². The Kier molecular flexibility index (Phi) is 3.98. The Balaban J connectivity index is 1.98. The van der Waals surface area contributed by atoms with Crippen LogP contribution in [0.3, 0.4) is 0 Å². The van der Waals surface area contributed by atoms with E-state index in [0.717, 1.165) is 5.56 Å². The molecule has 0 amide bonds. The van der Waals surface area contributed by atoms with Gasteiger partial charge in [-0.25, -0.2) is 0 Å². The van der Waals surface area contributed by atoms with Crippen LogP contribution in [-0.2, 0) is 0 Å². The maximum atomic E-state index is 9.16. The summed E-state index contributed by atoms with van der Waals surface area (Å²) in [6.07, 6.45) is 8.07. The second kappa shape index (κ2) is 5.87. The van der Waals surface area contributed by atoms with E-state index in [9.17, 15) is 0 Å². The summed E-state index contributed by atoms with van der Waals surface area (Å²) in [6, 6.07) is 15.5. The Labute approximate surface area is 108 Å². The number of hydrogen-bond donors (Lipinski definition) is 1. The Morgan fingerprint density at radius 1 is 0.722 bits per heavy atom. The first-order chi connectivity index (χ1) is 8.74. The molecule has 0 saturated carbocycles. The van der Waals surface area contributed by atoms with Gasteiger partial charge in [0.15, 0.2) is 0 Å². The molecule has 2 aromatic rings. The van der Waals surface area contributed by atoms with Crippen LogP contribution in [0.2, 0.25) is 0 Å². The lowest BCUT2D eigenvalue weighted by Crippen LogP contribution is -1.72. The van der Waals surface area contributed by atoms with Crippen molar-refractivity contribution in [2.24, 2.45) is 0 Å². The molecule has 1 N–H and O–H groups in total. The minimum absolute atomic E-state index is 0.294. The van der Waals surface area contributed by atoms with Gasteiger partial charge in [0.25, 0.3) is 0 Å². The summed E-state index contributed by atoms with van der Waals surface area (Å²) in [6.45, 7) is 2.08. The van der Waals surface area contributed by atoms with Gasteiger partial charge in [-0.2, -0.15) is 0 Å². The van der Waals surface area contributed by atoms with Crippen molar-refractivity contribution in [1.82, 2.24) is 0 Å². The molecule has 1 nitrogen and oxygen atoms in total. The molecule has 0 spiro atoms. The third-order valence-electron chi connectivity index (χ3n) is 2.66. The highest BCUT2D eigenvalue weighted by atomic mass is 16.3. The second-order valence-electron chi connectivity index (χ2n) is 4.22. The van der Waals surface area contributed by atoms with Gasteiger partial charge in [-0.3, -0.25) is 0 Å². The van der Waals surface area contributed by atoms with Crippen LogP contribution >= 0.6 is 0 Å². The average molecular weight is 236 g/mol. The molecule has 0 aliphatic carbocycles. The molecule has 0 fully saturated rings. The fourth-order valence-corrected chi connectivity index (χ4v) is 1.60. The van der Waals surface area contributed by atoms with E-state index in [1.54, 1.807) is 12.1 Å². The molecule has 0 aromatic heterocycles. The molecule has 0 bridgehead atoms. The van der Waals surface area contributed by atoms with E-state index in [1.807, 2.05) is 30.4 Å². The van der Waals surface area contributed by atoms with E-state index in [-0.39, 0.29) is 0 Å². The first-order valence-electron chi connectivity index (χ1n) is 5.94. The minimum Gasteiger partial charge on any atom is -0.508 e. The Morgan fingerprint density at radius 3 is 1.67 bits per heavy atom. The maximum absolute atomic E-state index is 9.16. The molecular weight excluding hydrogens is 220 g/mol. The van der Waals surface area contributed by atoms with Gasteiger partial charge in [0.1, 0.15) is 5.75 Å². The van der Waals surface area contributed by atoms with Crippen molar-refractivity contribution < 1.29 is 5.11 Å². The largest absolute Gasteiger partial charge is 0.508 e. The quantitative estimate of drug-likeness (QED) is 0.782. The normalized spacial score (nSPS) is 11.4. The van der Waals surface area contributed by atoms with E-state index in [0.29, 0.717) is 5.75 Å². The van der Waals surface area contributed by atoms with Crippen molar-refractivity contribution in [2.75, 3.05) is 0 Å². The van der Waals surface area contributed by atoms with Crippen LogP contribution in [0.1, 0.15) is 16.7 Å². The molecule has 0 aliphatic rings. The molecule has 90 valence electrons. The Bertz CT molecular complexity index is 492. The molecular formula is C17H16O. The fraction of sp³-hybridized carbons (Fsp3) is 0.0588. The number of aromatic hydroxyl groups is 1. The zero-order valence-electron chi connectivity index (χ0n) is 10.4. The number of phenols is 1. The highest BCUT2D eigenvalue weighted by Gasteiger charge is 1.87. The van der Waals surface area contributed by atoms with E-state index < -0.39 is 0 Å². The summed E-state index contributed by atoms with van der Waals surface area (Å²) in [5.41, 5.74) is 3.53. The molecule has 0 heterocycles. The smallest absolute Gasteiger partial charge is 0.115 e.